The summed E-state index contributed by atoms with van der Waals surface area (Å²) in [7, 11) is 1.25. The molecule has 0 spiro atoms. The average molecular weight is 522 g/mol. The van der Waals surface area contributed by atoms with Crippen LogP contribution in [0.4, 0.5) is 5.13 Å². The lowest BCUT2D eigenvalue weighted by molar-refractivity contribution is -0.687. The molecule has 34 heavy (non-hydrogen) atoms. The van der Waals surface area contributed by atoms with Crippen LogP contribution in [0.5, 0.6) is 0 Å². The van der Waals surface area contributed by atoms with E-state index in [1.165, 1.54) is 18.9 Å². The number of carbonyl (C=O) groups excluding carboxylic acids is 3. The molecule has 1 saturated heterocycles. The molecule has 3 N–H and O–H groups in total. The Bertz CT molecular complexity index is 1230. The van der Waals surface area contributed by atoms with Crippen molar-refractivity contribution in [1.29, 1.82) is 0 Å². The van der Waals surface area contributed by atoms with Crippen molar-refractivity contribution in [1.82, 2.24) is 19.6 Å². The van der Waals surface area contributed by atoms with Gasteiger partial charge in [-0.3, -0.25) is 14.5 Å². The number of carboxylic acid groups (broad SMARTS) is 1. The number of nitrogen functional groups attached to an aromatic ring is 1. The second kappa shape index (κ2) is 9.90. The first-order valence-electron chi connectivity index (χ1n) is 9.82. The van der Waals surface area contributed by atoms with Crippen LogP contribution < -0.4 is 20.7 Å². The van der Waals surface area contributed by atoms with Gasteiger partial charge in [-0.2, -0.15) is 13.9 Å². The highest BCUT2D eigenvalue weighted by atomic mass is 32.2. The topological polar surface area (TPSA) is 167 Å². The fourth-order valence-electron chi connectivity index (χ4n) is 3.45. The van der Waals surface area contributed by atoms with Gasteiger partial charge in [0.2, 0.25) is 16.5 Å². The lowest BCUT2D eigenvalue weighted by Crippen LogP contribution is -2.71. The largest absolute Gasteiger partial charge is 0.543 e. The summed E-state index contributed by atoms with van der Waals surface area (Å²) in [4.78, 5) is 47.2. The van der Waals surface area contributed by atoms with Crippen molar-refractivity contribution < 1.29 is 28.9 Å². The summed E-state index contributed by atoms with van der Waals surface area (Å²) in [5.74, 6) is -2.47. The maximum Gasteiger partial charge on any atom is 0.278 e. The monoisotopic (exact) mass is 521 g/mol. The van der Waals surface area contributed by atoms with E-state index in [1.807, 2.05) is 29.1 Å². The number of aromatic nitrogens is 3. The number of nitrogens with zero attached hydrogens (tertiary/aromatic N) is 5. The number of anilines is 1. The van der Waals surface area contributed by atoms with Gasteiger partial charge in [-0.05, 0) is 11.6 Å². The molecule has 4 heterocycles. The molecule has 12 nitrogen and oxygen atoms in total. The first-order valence-corrected chi connectivity index (χ1v) is 12.5. The highest BCUT2D eigenvalue weighted by Gasteiger charge is 2.53. The number of nitrogens with one attached hydrogen (secondary N) is 1. The molecule has 2 aliphatic rings. The molecule has 178 valence electrons. The molecule has 2 aliphatic heterocycles. The minimum atomic E-state index is -1.45. The molecule has 1 fully saturated rings. The quantitative estimate of drug-likeness (QED) is 0.187. The Morgan fingerprint density at radius 1 is 1.50 bits per heavy atom. The van der Waals surface area contributed by atoms with E-state index in [4.69, 9.17) is 10.6 Å². The summed E-state index contributed by atoms with van der Waals surface area (Å²) in [6.45, 7) is 2.55. The van der Waals surface area contributed by atoms with Crippen molar-refractivity contribution in [2.75, 3.05) is 18.6 Å². The molecule has 15 heteroatoms. The lowest BCUT2D eigenvalue weighted by Gasteiger charge is -2.50. The minimum Gasteiger partial charge on any atom is -0.543 e. The van der Waals surface area contributed by atoms with Gasteiger partial charge >= 0.3 is 0 Å². The number of oxime groups is 1. The van der Waals surface area contributed by atoms with Crippen molar-refractivity contribution in [2.24, 2.45) is 5.16 Å². The minimum absolute atomic E-state index is 0.0387. The second-order valence-corrected chi connectivity index (χ2v) is 10.1. The zero-order valence-electron chi connectivity index (χ0n) is 18.0. The standard InChI is InChI=1S/C19H19N7O5S3/c1-9-25(6-7-32-9)5-3-4-10-8-33-17-12(16(28)26(17)13(10)18(29)30)21-15(27)11(23-31-2)14-22-19(20)34-24-14/h3-4,6-7,12,17H,5,8H2,1-2H3,(H3-,20,21,22,24,27,29,30)/t12?,17-/m1/s1. The molecule has 2 amide bonds. The molecule has 0 aliphatic carbocycles. The third-order valence-electron chi connectivity index (χ3n) is 5.03. The number of thioether (sulfide) groups is 1. The summed E-state index contributed by atoms with van der Waals surface area (Å²) in [6.07, 6.45) is 5.47. The molecule has 2 aromatic heterocycles. The average Bonchev–Trinajstić information content (AvgIpc) is 3.42. The fraction of sp³-hybridized carbons (Fsp3) is 0.316. The van der Waals surface area contributed by atoms with Gasteiger partial charge in [0.25, 0.3) is 11.8 Å². The van der Waals surface area contributed by atoms with Gasteiger partial charge in [0.1, 0.15) is 18.5 Å². The second-order valence-electron chi connectivity index (χ2n) is 7.08. The number of carbonyl (C=O) groups is 3. The normalized spacial score (nSPS) is 20.4. The molecule has 2 atom stereocenters. The summed E-state index contributed by atoms with van der Waals surface area (Å²) < 4.78 is 5.95. The maximum atomic E-state index is 12.8. The van der Waals surface area contributed by atoms with Crippen LogP contribution in [0.3, 0.4) is 0 Å². The van der Waals surface area contributed by atoms with E-state index < -0.39 is 29.2 Å². The predicted molar refractivity (Wildman–Crippen MR) is 123 cm³/mol. The molecule has 0 radical (unpaired) electrons. The van der Waals surface area contributed by atoms with Crippen LogP contribution in [0.15, 0.2) is 40.2 Å². The van der Waals surface area contributed by atoms with Crippen molar-refractivity contribution in [2.45, 2.75) is 24.9 Å². The highest BCUT2D eigenvalue weighted by molar-refractivity contribution is 8.00. The number of allylic oxidation sites excluding steroid dienone is 2. The molecule has 1 unspecified atom stereocenters. The number of carboxylic acids is 1. The number of β-lactam (4-membered cyclic amide) rings is 1. The number of thiazole rings is 1. The number of fused-ring (bicyclic) bond motifs is 1. The van der Waals surface area contributed by atoms with Crippen LogP contribution in [0.2, 0.25) is 0 Å². The van der Waals surface area contributed by atoms with Crippen LogP contribution in [-0.2, 0) is 25.8 Å². The Morgan fingerprint density at radius 3 is 2.91 bits per heavy atom. The van der Waals surface area contributed by atoms with E-state index >= 15 is 0 Å². The van der Waals surface area contributed by atoms with Gasteiger partial charge in [0.15, 0.2) is 17.9 Å². The summed E-state index contributed by atoms with van der Waals surface area (Å²) >= 11 is 3.82. The Hall–Kier alpha value is -3.30. The van der Waals surface area contributed by atoms with Crippen LogP contribution in [0.25, 0.3) is 0 Å². The number of amides is 2. The Morgan fingerprint density at radius 2 is 2.29 bits per heavy atom. The molecule has 4 rings (SSSR count). The first-order chi connectivity index (χ1) is 16.3. The predicted octanol–water partition coefficient (Wildman–Crippen LogP) is -1.21. The number of aliphatic carboxylic acids is 1. The van der Waals surface area contributed by atoms with Crippen molar-refractivity contribution in [3.8, 4) is 0 Å². The van der Waals surface area contributed by atoms with Crippen LogP contribution in [0, 0.1) is 6.92 Å². The number of aryl methyl sites for hydroxylation is 1. The molecule has 0 saturated carbocycles. The number of rotatable bonds is 8. The van der Waals surface area contributed by atoms with Gasteiger partial charge in [-0.25, -0.2) is 0 Å². The van der Waals surface area contributed by atoms with Gasteiger partial charge in [0, 0.05) is 24.2 Å². The molecular weight excluding hydrogens is 502 g/mol. The third kappa shape index (κ3) is 4.53. The van der Waals surface area contributed by atoms with Gasteiger partial charge in [-0.15, -0.1) is 11.8 Å². The molecule has 0 aromatic carbocycles. The van der Waals surface area contributed by atoms with Gasteiger partial charge < -0.3 is 25.8 Å². The summed E-state index contributed by atoms with van der Waals surface area (Å²) in [6, 6.07) is -0.959. The third-order valence-corrected chi connectivity index (χ3v) is 7.71. The Labute approximate surface area is 206 Å². The molecular formula is C19H19N7O5S3. The van der Waals surface area contributed by atoms with E-state index in [2.05, 4.69) is 19.8 Å². The van der Waals surface area contributed by atoms with Crippen LogP contribution in [-0.4, -0.2) is 62.0 Å². The number of hydrogen-bond acceptors (Lipinski definition) is 12. The maximum absolute atomic E-state index is 12.8. The Balaban J connectivity index is 1.49. The number of nitrogens with two attached hydrogens (primary N) is 1. The smallest absolute Gasteiger partial charge is 0.278 e. The van der Waals surface area contributed by atoms with Crippen LogP contribution >= 0.6 is 34.6 Å². The SMILES string of the molecule is CON=C(C(=O)NC1C(=O)N2C(C(=O)[O-])=C(C=CC[n+]3ccsc3C)CS[C@H]12)c1nsc(N)n1. The van der Waals surface area contributed by atoms with E-state index in [0.717, 1.165) is 21.4 Å². The number of hydrogen-bond donors (Lipinski definition) is 2. The van der Waals surface area contributed by atoms with Crippen molar-refractivity contribution in [3.63, 3.8) is 0 Å². The van der Waals surface area contributed by atoms with E-state index in [9.17, 15) is 19.5 Å². The Kier molecular flexibility index (Phi) is 6.95. The van der Waals surface area contributed by atoms with Crippen molar-refractivity contribution in [3.05, 3.63) is 45.8 Å². The van der Waals surface area contributed by atoms with E-state index in [1.54, 1.807) is 17.4 Å². The lowest BCUT2D eigenvalue weighted by atomic mass is 10.0. The van der Waals surface area contributed by atoms with Gasteiger partial charge in [0.05, 0.1) is 17.0 Å². The van der Waals surface area contributed by atoms with Gasteiger partial charge in [-0.1, -0.05) is 22.6 Å². The highest BCUT2D eigenvalue weighted by Crippen LogP contribution is 2.40. The fourth-order valence-corrected chi connectivity index (χ4v) is 5.88. The zero-order chi connectivity index (χ0) is 24.4. The van der Waals surface area contributed by atoms with E-state index in [0.29, 0.717) is 17.9 Å². The van der Waals surface area contributed by atoms with Crippen LogP contribution in [0.1, 0.15) is 10.8 Å². The van der Waals surface area contributed by atoms with E-state index in [-0.39, 0.29) is 22.4 Å². The zero-order valence-corrected chi connectivity index (χ0v) is 20.4. The molecule has 2 aromatic rings. The summed E-state index contributed by atoms with van der Waals surface area (Å²) in [5, 5.41) is 20.7. The molecule has 0 bridgehead atoms. The first kappa shape index (κ1) is 23.8. The van der Waals surface area contributed by atoms with Crippen molar-refractivity contribution >= 4 is 63.3 Å². The summed E-state index contributed by atoms with van der Waals surface area (Å²) in [5.41, 5.74) is 5.60.